The summed E-state index contributed by atoms with van der Waals surface area (Å²) in [5.41, 5.74) is 6.71. The van der Waals surface area contributed by atoms with E-state index >= 15 is 0 Å². The summed E-state index contributed by atoms with van der Waals surface area (Å²) in [5, 5.41) is 9.14. The maximum atomic E-state index is 13.7. The van der Waals surface area contributed by atoms with E-state index in [1.54, 1.807) is 17.0 Å². The number of hydrogen-bond donors (Lipinski definition) is 2. The van der Waals surface area contributed by atoms with Crippen molar-refractivity contribution >= 4 is 27.7 Å². The third kappa shape index (κ3) is 6.57. The molecular formula is C26H38N4O6S. The average molecular weight is 535 g/mol. The predicted molar refractivity (Wildman–Crippen MR) is 139 cm³/mol. The number of hydrogen-bond acceptors (Lipinski definition) is 7. The van der Waals surface area contributed by atoms with Crippen LogP contribution < -0.4 is 5.73 Å². The van der Waals surface area contributed by atoms with Crippen LogP contribution in [0.1, 0.15) is 48.0 Å². The molecule has 0 unspecified atom stereocenters. The number of amides is 1. The Labute approximate surface area is 218 Å². The van der Waals surface area contributed by atoms with Gasteiger partial charge in [0.25, 0.3) is 0 Å². The molecule has 3 aliphatic rings. The number of rotatable bonds is 8. The minimum Gasteiger partial charge on any atom is -0.478 e. The Kier molecular flexibility index (Phi) is 8.67. The first-order valence-corrected chi connectivity index (χ1v) is 15.0. The van der Waals surface area contributed by atoms with Crippen molar-refractivity contribution in [3.05, 3.63) is 35.4 Å². The van der Waals surface area contributed by atoms with Crippen molar-refractivity contribution in [2.24, 2.45) is 17.6 Å². The number of nitrogens with two attached hydrogens (primary N) is 1. The van der Waals surface area contributed by atoms with Gasteiger partial charge in [-0.25, -0.2) is 13.2 Å². The van der Waals surface area contributed by atoms with Crippen molar-refractivity contribution in [3.63, 3.8) is 0 Å². The van der Waals surface area contributed by atoms with E-state index in [-0.39, 0.29) is 35.6 Å². The van der Waals surface area contributed by atoms with Gasteiger partial charge >= 0.3 is 5.97 Å². The van der Waals surface area contributed by atoms with Gasteiger partial charge in [0, 0.05) is 51.1 Å². The fourth-order valence-electron chi connectivity index (χ4n) is 5.99. The molecule has 1 saturated carbocycles. The molecule has 2 heterocycles. The number of benzene rings is 1. The average Bonchev–Trinajstić information content (AvgIpc) is 3.34. The monoisotopic (exact) mass is 534 g/mol. The number of likely N-dealkylation sites (tertiary alicyclic amines) is 1. The van der Waals surface area contributed by atoms with Crippen LogP contribution in [0.4, 0.5) is 0 Å². The molecule has 1 aliphatic carbocycles. The Morgan fingerprint density at radius 2 is 1.62 bits per heavy atom. The highest BCUT2D eigenvalue weighted by molar-refractivity contribution is 7.88. The molecule has 11 heteroatoms. The van der Waals surface area contributed by atoms with E-state index in [0.29, 0.717) is 51.6 Å². The van der Waals surface area contributed by atoms with E-state index in [2.05, 4.69) is 4.90 Å². The topological polar surface area (TPSA) is 141 Å². The number of ketones is 1. The van der Waals surface area contributed by atoms with Crippen LogP contribution in [0.25, 0.3) is 0 Å². The molecule has 2 atom stereocenters. The van der Waals surface area contributed by atoms with E-state index in [1.165, 1.54) is 22.7 Å². The van der Waals surface area contributed by atoms with Crippen molar-refractivity contribution in [3.8, 4) is 0 Å². The molecule has 2 aliphatic heterocycles. The Morgan fingerprint density at radius 3 is 2.16 bits per heavy atom. The third-order valence-electron chi connectivity index (χ3n) is 8.30. The Balaban J connectivity index is 1.47. The van der Waals surface area contributed by atoms with E-state index in [4.69, 9.17) is 10.8 Å². The first-order chi connectivity index (χ1) is 17.6. The molecule has 204 valence electrons. The van der Waals surface area contributed by atoms with Gasteiger partial charge < -0.3 is 15.7 Å². The van der Waals surface area contributed by atoms with Gasteiger partial charge in [0.05, 0.1) is 17.9 Å². The lowest BCUT2D eigenvalue weighted by atomic mass is 9.81. The van der Waals surface area contributed by atoms with Crippen molar-refractivity contribution in [1.29, 1.82) is 0 Å². The highest BCUT2D eigenvalue weighted by atomic mass is 32.2. The summed E-state index contributed by atoms with van der Waals surface area (Å²) >= 11 is 0. The first-order valence-electron chi connectivity index (χ1n) is 13.1. The lowest BCUT2D eigenvalue weighted by Gasteiger charge is -2.37. The number of carboxylic acids is 1. The number of piperazine rings is 1. The summed E-state index contributed by atoms with van der Waals surface area (Å²) in [4.78, 5) is 42.3. The summed E-state index contributed by atoms with van der Waals surface area (Å²) < 4.78 is 25.3. The van der Waals surface area contributed by atoms with Crippen molar-refractivity contribution < 1.29 is 27.9 Å². The fraction of sp³-hybridized carbons (Fsp3) is 0.654. The summed E-state index contributed by atoms with van der Waals surface area (Å²) in [5.74, 6) is -0.688. The minimum atomic E-state index is -3.24. The zero-order chi connectivity index (χ0) is 26.7. The highest BCUT2D eigenvalue weighted by Crippen LogP contribution is 2.33. The summed E-state index contributed by atoms with van der Waals surface area (Å²) in [6.45, 7) is 3.04. The standard InChI is InChI=1S/C26H38N4O6S/c1-37(35,36)29-12-10-28(11-13-29)22-15-23(24(31)14-18-2-8-21(9-3-18)26(33)34)30(17-22)25(32)20-6-4-19(16-27)5-7-20/h2-3,8-9,19-20,22-23H,4-7,10-17,27H2,1H3,(H,33,34)/t19?,20?,22-,23-/m0/s1. The van der Waals surface area contributed by atoms with Crippen LogP contribution in [0.5, 0.6) is 0 Å². The smallest absolute Gasteiger partial charge is 0.335 e. The predicted octanol–water partition coefficient (Wildman–Crippen LogP) is 0.808. The van der Waals surface area contributed by atoms with Crippen molar-refractivity contribution in [2.45, 2.75) is 50.6 Å². The van der Waals surface area contributed by atoms with E-state index in [1.807, 2.05) is 0 Å². The van der Waals surface area contributed by atoms with E-state index in [9.17, 15) is 22.8 Å². The lowest BCUT2D eigenvalue weighted by Crippen LogP contribution is -2.52. The van der Waals surface area contributed by atoms with Crippen LogP contribution in [0.3, 0.4) is 0 Å². The number of sulfonamides is 1. The molecule has 3 fully saturated rings. The highest BCUT2D eigenvalue weighted by Gasteiger charge is 2.44. The van der Waals surface area contributed by atoms with Crippen molar-refractivity contribution in [1.82, 2.24) is 14.1 Å². The van der Waals surface area contributed by atoms with Gasteiger partial charge in [-0.05, 0) is 62.3 Å². The zero-order valence-electron chi connectivity index (χ0n) is 21.4. The molecule has 1 aromatic rings. The minimum absolute atomic E-state index is 0.00521. The molecule has 0 radical (unpaired) electrons. The molecule has 1 amide bonds. The maximum Gasteiger partial charge on any atom is 0.335 e. The Hall–Kier alpha value is -2.34. The van der Waals surface area contributed by atoms with E-state index in [0.717, 1.165) is 31.2 Å². The zero-order valence-corrected chi connectivity index (χ0v) is 22.2. The number of aromatic carboxylic acids is 1. The summed E-state index contributed by atoms with van der Waals surface area (Å²) in [7, 11) is -3.24. The molecule has 1 aromatic carbocycles. The number of Topliss-reactive ketones (excluding diaryl/α,β-unsaturated/α-hetero) is 1. The molecule has 0 spiro atoms. The second-order valence-corrected chi connectivity index (χ2v) is 12.7. The molecule has 37 heavy (non-hydrogen) atoms. The van der Waals surface area contributed by atoms with Gasteiger partial charge in [-0.2, -0.15) is 4.31 Å². The molecule has 2 saturated heterocycles. The summed E-state index contributed by atoms with van der Waals surface area (Å²) in [6, 6.07) is 5.73. The van der Waals surface area contributed by atoms with Crippen LogP contribution in [0, 0.1) is 11.8 Å². The Morgan fingerprint density at radius 1 is 1.00 bits per heavy atom. The van der Waals surface area contributed by atoms with Crippen LogP contribution in [-0.4, -0.2) is 103 Å². The van der Waals surface area contributed by atoms with E-state index < -0.39 is 22.0 Å². The molecular weight excluding hydrogens is 496 g/mol. The van der Waals surface area contributed by atoms with Gasteiger partial charge in [0.1, 0.15) is 0 Å². The lowest BCUT2D eigenvalue weighted by molar-refractivity contribution is -0.142. The quantitative estimate of drug-likeness (QED) is 0.499. The van der Waals surface area contributed by atoms with Gasteiger partial charge in [-0.1, -0.05) is 12.1 Å². The Bertz CT molecular complexity index is 1090. The molecule has 3 N–H and O–H groups in total. The second-order valence-electron chi connectivity index (χ2n) is 10.7. The molecule has 0 aromatic heterocycles. The largest absolute Gasteiger partial charge is 0.478 e. The van der Waals surface area contributed by atoms with Crippen LogP contribution in [-0.2, 0) is 26.0 Å². The molecule has 0 bridgehead atoms. The SMILES string of the molecule is CS(=O)(=O)N1CCN([C@H]2C[C@@H](C(=O)Cc3ccc(C(=O)O)cc3)N(C(=O)C3CCC(CN)CC3)C2)CC1. The first kappa shape index (κ1) is 27.7. The molecule has 4 rings (SSSR count). The van der Waals surface area contributed by atoms with Gasteiger partial charge in [-0.15, -0.1) is 0 Å². The third-order valence-corrected chi connectivity index (χ3v) is 9.60. The van der Waals surface area contributed by atoms with Crippen molar-refractivity contribution in [2.75, 3.05) is 45.5 Å². The number of carbonyl (C=O) groups excluding carboxylic acids is 2. The van der Waals surface area contributed by atoms with Gasteiger partial charge in [-0.3, -0.25) is 14.5 Å². The maximum absolute atomic E-state index is 13.7. The normalized spacial score (nSPS) is 27.8. The fourth-order valence-corrected chi connectivity index (χ4v) is 6.82. The molecule has 10 nitrogen and oxygen atoms in total. The van der Waals surface area contributed by atoms with Gasteiger partial charge in [0.15, 0.2) is 5.78 Å². The van der Waals surface area contributed by atoms with Crippen LogP contribution >= 0.6 is 0 Å². The van der Waals surface area contributed by atoms with Gasteiger partial charge in [0.2, 0.25) is 15.9 Å². The number of carbonyl (C=O) groups is 3. The second kappa shape index (κ2) is 11.6. The van der Waals surface area contributed by atoms with Crippen LogP contribution in [0.2, 0.25) is 0 Å². The summed E-state index contributed by atoms with van der Waals surface area (Å²) in [6.07, 6.45) is 5.28. The number of nitrogens with zero attached hydrogens (tertiary/aromatic N) is 3. The van der Waals surface area contributed by atoms with Crippen LogP contribution in [0.15, 0.2) is 24.3 Å². The number of carboxylic acid groups (broad SMARTS) is 1.